The van der Waals surface area contributed by atoms with Gasteiger partial charge in [0.25, 0.3) is 0 Å². The summed E-state index contributed by atoms with van der Waals surface area (Å²) < 4.78 is 25.5. The molecule has 1 fully saturated rings. The third-order valence-corrected chi connectivity index (χ3v) is 17.0. The Morgan fingerprint density at radius 2 is 1.41 bits per heavy atom. The number of hydrogen-bond acceptors (Lipinski definition) is 6. The fourth-order valence-electron chi connectivity index (χ4n) is 3.83. The predicted molar refractivity (Wildman–Crippen MR) is 153 cm³/mol. The van der Waals surface area contributed by atoms with E-state index < -0.39 is 58.3 Å². The summed E-state index contributed by atoms with van der Waals surface area (Å²) in [5.41, 5.74) is -1.57. The number of rotatable bonds is 9. The number of aliphatic carboxylic acids is 1. The lowest BCUT2D eigenvalue weighted by atomic mass is 10.0. The van der Waals surface area contributed by atoms with Gasteiger partial charge < -0.3 is 23.4 Å². The van der Waals surface area contributed by atoms with Gasteiger partial charge in [-0.05, 0) is 77.3 Å². The second-order valence-electron chi connectivity index (χ2n) is 14.9. The zero-order valence-electron chi connectivity index (χ0n) is 26.2. The number of nitrogens with zero attached hydrogens (tertiary/aromatic N) is 1. The minimum Gasteiger partial charge on any atom is -0.481 e. The Morgan fingerprint density at radius 3 is 1.81 bits per heavy atom. The van der Waals surface area contributed by atoms with Gasteiger partial charge in [0, 0.05) is 0 Å². The van der Waals surface area contributed by atoms with Crippen molar-refractivity contribution >= 4 is 28.7 Å². The molecule has 0 unspecified atom stereocenters. The van der Waals surface area contributed by atoms with Crippen LogP contribution < -0.4 is 0 Å². The Labute approximate surface area is 228 Å². The molecule has 0 spiro atoms. The van der Waals surface area contributed by atoms with Crippen molar-refractivity contribution in [2.24, 2.45) is 0 Å². The van der Waals surface area contributed by atoms with Crippen LogP contribution in [0.15, 0.2) is 0 Å². The van der Waals surface area contributed by atoms with E-state index in [1.165, 1.54) is 0 Å². The maximum Gasteiger partial charge on any atom is 0.412 e. The van der Waals surface area contributed by atoms with Crippen molar-refractivity contribution in [3.8, 4) is 0 Å². The van der Waals surface area contributed by atoms with Crippen LogP contribution in [0.3, 0.4) is 0 Å². The van der Waals surface area contributed by atoms with E-state index in [0.29, 0.717) is 6.42 Å². The molecule has 3 atom stereocenters. The molecule has 1 rings (SSSR count). The van der Waals surface area contributed by atoms with E-state index in [2.05, 4.69) is 67.7 Å². The second-order valence-corrected chi connectivity index (χ2v) is 24.4. The minimum atomic E-state index is -2.32. The van der Waals surface area contributed by atoms with E-state index in [0.717, 1.165) is 0 Å². The first-order valence-corrected chi connectivity index (χ1v) is 19.3. The van der Waals surface area contributed by atoms with Crippen molar-refractivity contribution in [3.05, 3.63) is 0 Å². The van der Waals surface area contributed by atoms with Crippen molar-refractivity contribution < 1.29 is 33.0 Å². The number of carbonyl (C=O) groups excluding carboxylic acids is 1. The molecule has 0 aromatic rings. The highest BCUT2D eigenvalue weighted by atomic mass is 28.4. The lowest BCUT2D eigenvalue weighted by molar-refractivity contribution is -0.139. The normalized spacial score (nSPS) is 21.1. The Balaban J connectivity index is 3.53. The molecule has 8 nitrogen and oxygen atoms in total. The Morgan fingerprint density at radius 1 is 0.946 bits per heavy atom. The SMILES string of the molecule is CC(C)(C)OC(=O)N1[C@H]([C@H](C[C@@H](CC(=O)O)O[Si](C)(C)C(C)(C)C)O[Si](C)(C)C(C)(C)C)COC1(C)C. The zero-order chi connectivity index (χ0) is 29.4. The van der Waals surface area contributed by atoms with Gasteiger partial charge in [0.05, 0.1) is 31.3 Å². The third kappa shape index (κ3) is 9.33. The van der Waals surface area contributed by atoms with Crippen LogP contribution >= 0.6 is 0 Å². The Kier molecular flexibility index (Phi) is 10.4. The third-order valence-electron chi connectivity index (χ3n) is 7.96. The van der Waals surface area contributed by atoms with E-state index in [9.17, 15) is 14.7 Å². The lowest BCUT2D eigenvalue weighted by Crippen LogP contribution is -2.57. The van der Waals surface area contributed by atoms with Crippen LogP contribution in [0.4, 0.5) is 4.79 Å². The van der Waals surface area contributed by atoms with Crippen LogP contribution in [0.1, 0.15) is 89.0 Å². The summed E-state index contributed by atoms with van der Waals surface area (Å²) in [7, 11) is -4.60. The van der Waals surface area contributed by atoms with Crippen molar-refractivity contribution in [2.75, 3.05) is 6.61 Å². The molecule has 0 radical (unpaired) electrons. The molecule has 1 N–H and O–H groups in total. The zero-order valence-corrected chi connectivity index (χ0v) is 28.2. The molecule has 1 heterocycles. The van der Waals surface area contributed by atoms with Gasteiger partial charge in [-0.1, -0.05) is 41.5 Å². The van der Waals surface area contributed by atoms with E-state index in [1.807, 2.05) is 34.6 Å². The standard InChI is InChI=1S/C27H55NO7Si2/c1-24(2,3)33-23(31)28-20(18-32-27(28,10)11)21(35-37(14,15)26(7,8)9)16-19(17-22(29)30)34-36(12,13)25(4,5)6/h19-21H,16-18H2,1-15H3,(H,29,30)/t19-,20-,21-/m0/s1. The molecular weight excluding hydrogens is 506 g/mol. The van der Waals surface area contributed by atoms with Gasteiger partial charge in [-0.2, -0.15) is 0 Å². The van der Waals surface area contributed by atoms with Gasteiger partial charge in [-0.25, -0.2) is 4.79 Å². The number of carboxylic acids is 1. The first-order chi connectivity index (χ1) is 16.2. The summed E-state index contributed by atoms with van der Waals surface area (Å²) in [6.45, 7) is 31.0. The smallest absolute Gasteiger partial charge is 0.412 e. The molecule has 1 saturated heterocycles. The molecular formula is C27H55NO7Si2. The number of carbonyl (C=O) groups is 2. The van der Waals surface area contributed by atoms with Gasteiger partial charge in [-0.15, -0.1) is 0 Å². The monoisotopic (exact) mass is 561 g/mol. The van der Waals surface area contributed by atoms with Crippen molar-refractivity contribution in [2.45, 2.75) is 155 Å². The van der Waals surface area contributed by atoms with Crippen LogP contribution in [-0.2, 0) is 23.1 Å². The summed E-state index contributed by atoms with van der Waals surface area (Å²) in [5, 5.41) is 9.60. The van der Waals surface area contributed by atoms with Crippen molar-refractivity contribution in [3.63, 3.8) is 0 Å². The molecule has 0 saturated carbocycles. The maximum absolute atomic E-state index is 13.4. The van der Waals surface area contributed by atoms with E-state index in [1.54, 1.807) is 4.90 Å². The van der Waals surface area contributed by atoms with E-state index >= 15 is 0 Å². The average molecular weight is 562 g/mol. The highest BCUT2D eigenvalue weighted by molar-refractivity contribution is 6.74. The van der Waals surface area contributed by atoms with Crippen LogP contribution in [0.5, 0.6) is 0 Å². The van der Waals surface area contributed by atoms with Gasteiger partial charge in [0.1, 0.15) is 11.3 Å². The first-order valence-electron chi connectivity index (χ1n) is 13.4. The Bertz CT molecular complexity index is 807. The number of carboxylic acid groups (broad SMARTS) is 1. The number of hydrogen-bond donors (Lipinski definition) is 1. The molecule has 1 aliphatic heterocycles. The van der Waals surface area contributed by atoms with Gasteiger partial charge in [0.15, 0.2) is 16.6 Å². The maximum atomic E-state index is 13.4. The molecule has 10 heteroatoms. The number of amides is 1. The first kappa shape index (κ1) is 34.1. The van der Waals surface area contributed by atoms with Gasteiger partial charge in [0.2, 0.25) is 0 Å². The largest absolute Gasteiger partial charge is 0.481 e. The lowest BCUT2D eigenvalue weighted by Gasteiger charge is -2.45. The fraction of sp³-hybridized carbons (Fsp3) is 0.926. The molecule has 0 aromatic heterocycles. The van der Waals surface area contributed by atoms with Crippen molar-refractivity contribution in [1.82, 2.24) is 4.90 Å². The Hall–Kier alpha value is -0.946. The minimum absolute atomic E-state index is 0.0828. The summed E-state index contributed by atoms with van der Waals surface area (Å²) in [6.07, 6.45) is -1.30. The molecule has 37 heavy (non-hydrogen) atoms. The van der Waals surface area contributed by atoms with Gasteiger partial charge in [-0.3, -0.25) is 9.69 Å². The molecule has 0 bridgehead atoms. The number of ether oxygens (including phenoxy) is 2. The van der Waals surface area contributed by atoms with Gasteiger partial charge >= 0.3 is 12.1 Å². The molecule has 0 aromatic carbocycles. The topological polar surface area (TPSA) is 94.5 Å². The summed E-state index contributed by atoms with van der Waals surface area (Å²) in [6, 6.07) is -0.446. The van der Waals surface area contributed by atoms with Crippen molar-refractivity contribution in [1.29, 1.82) is 0 Å². The van der Waals surface area contributed by atoms with Crippen LogP contribution in [0.2, 0.25) is 36.3 Å². The second kappa shape index (κ2) is 11.3. The fourth-order valence-corrected chi connectivity index (χ4v) is 6.56. The highest BCUT2D eigenvalue weighted by Crippen LogP contribution is 2.42. The van der Waals surface area contributed by atoms with Crippen LogP contribution in [0.25, 0.3) is 0 Å². The highest BCUT2D eigenvalue weighted by Gasteiger charge is 2.52. The molecule has 0 aliphatic carbocycles. The molecule has 1 aliphatic rings. The molecule has 1 amide bonds. The summed E-state index contributed by atoms with van der Waals surface area (Å²) in [5.74, 6) is -0.915. The predicted octanol–water partition coefficient (Wildman–Crippen LogP) is 7.00. The van der Waals surface area contributed by atoms with E-state index in [4.69, 9.17) is 18.3 Å². The van der Waals surface area contributed by atoms with Crippen LogP contribution in [0, 0.1) is 0 Å². The average Bonchev–Trinajstić information content (AvgIpc) is 2.91. The summed E-state index contributed by atoms with van der Waals surface area (Å²) in [4.78, 5) is 27.0. The quantitative estimate of drug-likeness (QED) is 0.303. The van der Waals surface area contributed by atoms with E-state index in [-0.39, 0.29) is 23.1 Å². The van der Waals surface area contributed by atoms with Crippen LogP contribution in [-0.4, -0.2) is 74.9 Å². The molecule has 218 valence electrons. The summed E-state index contributed by atoms with van der Waals surface area (Å²) >= 11 is 0.